The van der Waals surface area contributed by atoms with E-state index in [1.54, 1.807) is 0 Å². The highest BCUT2D eigenvalue weighted by Crippen LogP contribution is 2.44. The second-order valence-corrected chi connectivity index (χ2v) is 5.35. The average molecular weight is 337 g/mol. The lowest BCUT2D eigenvalue weighted by atomic mass is 9.96. The Labute approximate surface area is 134 Å². The van der Waals surface area contributed by atoms with Crippen LogP contribution in [0.4, 0.5) is 17.6 Å². The van der Waals surface area contributed by atoms with Crippen LogP contribution in [0.3, 0.4) is 0 Å². The third kappa shape index (κ3) is 3.00. The van der Waals surface area contributed by atoms with Crippen molar-refractivity contribution >= 4 is 0 Å². The van der Waals surface area contributed by atoms with Crippen molar-refractivity contribution in [3.63, 3.8) is 0 Å². The van der Waals surface area contributed by atoms with Gasteiger partial charge in [0.15, 0.2) is 0 Å². The van der Waals surface area contributed by atoms with Crippen molar-refractivity contribution in [1.29, 1.82) is 0 Å². The number of halogens is 4. The van der Waals surface area contributed by atoms with Crippen molar-refractivity contribution in [2.75, 3.05) is 6.54 Å². The summed E-state index contributed by atoms with van der Waals surface area (Å²) >= 11 is 0. The monoisotopic (exact) mass is 337 g/mol. The molecule has 1 heterocycles. The van der Waals surface area contributed by atoms with E-state index in [2.05, 4.69) is 10.0 Å². The first-order chi connectivity index (χ1) is 11.4. The van der Waals surface area contributed by atoms with Gasteiger partial charge >= 0.3 is 6.18 Å². The molecule has 3 rings (SSSR count). The molecule has 2 aromatic rings. The third-order valence-electron chi connectivity index (χ3n) is 3.74. The molecule has 0 spiro atoms. The van der Waals surface area contributed by atoms with E-state index in [1.807, 2.05) is 0 Å². The predicted octanol–water partition coefficient (Wildman–Crippen LogP) is 5.13. The lowest BCUT2D eigenvalue weighted by molar-refractivity contribution is -0.137. The zero-order valence-corrected chi connectivity index (χ0v) is 12.2. The molecule has 0 saturated heterocycles. The quantitative estimate of drug-likeness (QED) is 0.332. The predicted molar refractivity (Wildman–Crippen MR) is 79.0 cm³/mol. The first kappa shape index (κ1) is 16.1. The maximum absolute atomic E-state index is 14.1. The molecule has 0 bridgehead atoms. The van der Waals surface area contributed by atoms with Gasteiger partial charge in [0.05, 0.1) is 12.1 Å². The van der Waals surface area contributed by atoms with Gasteiger partial charge in [-0.05, 0) is 29.3 Å². The first-order valence-corrected chi connectivity index (χ1v) is 7.06. The van der Waals surface area contributed by atoms with Gasteiger partial charge in [-0.1, -0.05) is 23.3 Å². The summed E-state index contributed by atoms with van der Waals surface area (Å²) < 4.78 is 59.1. The summed E-state index contributed by atoms with van der Waals surface area (Å²) in [6, 6.07) is 7.45. The Bertz CT molecular complexity index is 829. The zero-order chi connectivity index (χ0) is 17.3. The topological polar surface area (TPSA) is 58.0 Å². The molecule has 2 aromatic carbocycles. The van der Waals surface area contributed by atoms with Crippen LogP contribution >= 0.6 is 0 Å². The van der Waals surface area contributed by atoms with E-state index >= 15 is 0 Å². The van der Waals surface area contributed by atoms with Crippen molar-refractivity contribution in [3.05, 3.63) is 63.8 Å². The normalized spacial score (nSPS) is 16.2. The maximum atomic E-state index is 14.1. The summed E-state index contributed by atoms with van der Waals surface area (Å²) in [5, 5.41) is 3.39. The molecule has 4 nitrogen and oxygen atoms in total. The summed E-state index contributed by atoms with van der Waals surface area (Å²) in [5.74, 6) is -0.438. The number of alkyl halides is 3. The molecule has 0 saturated carbocycles. The van der Waals surface area contributed by atoms with Crippen LogP contribution in [0, 0.1) is 5.82 Å². The second kappa shape index (κ2) is 6.05. The number of hydrogen-bond donors (Lipinski definition) is 0. The van der Waals surface area contributed by atoms with E-state index in [0.717, 1.165) is 12.1 Å². The Kier molecular flexibility index (Phi) is 4.07. The molecule has 0 aliphatic carbocycles. The van der Waals surface area contributed by atoms with Gasteiger partial charge in [-0.25, -0.2) is 4.39 Å². The molecule has 1 unspecified atom stereocenters. The van der Waals surface area contributed by atoms with E-state index in [1.165, 1.54) is 24.3 Å². The Balaban J connectivity index is 2.14. The summed E-state index contributed by atoms with van der Waals surface area (Å²) in [5.41, 5.74) is 7.89. The number of azide groups is 1. The van der Waals surface area contributed by atoms with Crippen LogP contribution in [-0.2, 0) is 12.6 Å². The van der Waals surface area contributed by atoms with Crippen LogP contribution in [0.2, 0.25) is 0 Å². The third-order valence-corrected chi connectivity index (χ3v) is 3.74. The van der Waals surface area contributed by atoms with E-state index in [9.17, 15) is 17.6 Å². The minimum Gasteiger partial charge on any atom is -0.489 e. The SMILES string of the molecule is [N-]=[N+]=NCC1Cc2cc(C(F)(F)F)cc(-c3ccccc3F)c2O1. The van der Waals surface area contributed by atoms with Gasteiger partial charge in [-0.2, -0.15) is 13.2 Å². The number of nitrogens with zero attached hydrogens (tertiary/aromatic N) is 3. The highest BCUT2D eigenvalue weighted by atomic mass is 19.4. The van der Waals surface area contributed by atoms with Crippen molar-refractivity contribution in [2.45, 2.75) is 18.7 Å². The Hall–Kier alpha value is -2.73. The summed E-state index contributed by atoms with van der Waals surface area (Å²) in [4.78, 5) is 2.62. The molecule has 124 valence electrons. The van der Waals surface area contributed by atoms with Crippen LogP contribution in [0.15, 0.2) is 41.5 Å². The molecule has 1 aliphatic heterocycles. The van der Waals surface area contributed by atoms with Gasteiger partial charge < -0.3 is 4.74 Å². The number of rotatable bonds is 3. The standard InChI is InChI=1S/C16H11F4N3O/c17-14-4-2-1-3-12(14)13-7-10(16(18,19)20)5-9-6-11(8-22-23-21)24-15(9)13/h1-5,7,11H,6,8H2. The minimum atomic E-state index is -4.56. The highest BCUT2D eigenvalue weighted by Gasteiger charge is 2.35. The highest BCUT2D eigenvalue weighted by molar-refractivity contribution is 5.74. The van der Waals surface area contributed by atoms with Crippen molar-refractivity contribution in [3.8, 4) is 16.9 Å². The van der Waals surface area contributed by atoms with Gasteiger partial charge in [0.2, 0.25) is 0 Å². The van der Waals surface area contributed by atoms with Crippen LogP contribution in [-0.4, -0.2) is 12.6 Å². The second-order valence-electron chi connectivity index (χ2n) is 5.35. The molecule has 1 aliphatic rings. The zero-order valence-electron chi connectivity index (χ0n) is 12.2. The van der Waals surface area contributed by atoms with E-state index < -0.39 is 23.7 Å². The average Bonchev–Trinajstić information content (AvgIpc) is 2.94. The number of hydrogen-bond acceptors (Lipinski definition) is 2. The summed E-state index contributed by atoms with van der Waals surface area (Å²) in [7, 11) is 0. The largest absolute Gasteiger partial charge is 0.489 e. The Morgan fingerprint density at radius 3 is 2.62 bits per heavy atom. The smallest absolute Gasteiger partial charge is 0.416 e. The number of ether oxygens (including phenoxy) is 1. The Morgan fingerprint density at radius 2 is 1.96 bits per heavy atom. The number of benzene rings is 2. The summed E-state index contributed by atoms with van der Waals surface area (Å²) in [6.45, 7) is -0.0107. The van der Waals surface area contributed by atoms with Crippen LogP contribution in [0.1, 0.15) is 11.1 Å². The molecule has 0 aromatic heterocycles. The Morgan fingerprint density at radius 1 is 1.21 bits per heavy atom. The number of fused-ring (bicyclic) bond motifs is 1. The molecular formula is C16H11F4N3O. The summed E-state index contributed by atoms with van der Waals surface area (Å²) in [6.07, 6.45) is -4.96. The molecule has 24 heavy (non-hydrogen) atoms. The van der Waals surface area contributed by atoms with E-state index in [-0.39, 0.29) is 29.8 Å². The van der Waals surface area contributed by atoms with Gasteiger partial charge in [-0.3, -0.25) is 0 Å². The fourth-order valence-corrected chi connectivity index (χ4v) is 2.71. The maximum Gasteiger partial charge on any atom is 0.416 e. The fraction of sp³-hybridized carbons (Fsp3) is 0.250. The van der Waals surface area contributed by atoms with Crippen molar-refractivity contribution < 1.29 is 22.3 Å². The van der Waals surface area contributed by atoms with Gasteiger partial charge in [0.25, 0.3) is 0 Å². The molecule has 0 amide bonds. The van der Waals surface area contributed by atoms with Crippen molar-refractivity contribution in [1.82, 2.24) is 0 Å². The first-order valence-electron chi connectivity index (χ1n) is 7.06. The lowest BCUT2D eigenvalue weighted by Gasteiger charge is -2.14. The fourth-order valence-electron chi connectivity index (χ4n) is 2.71. The molecule has 0 radical (unpaired) electrons. The van der Waals surface area contributed by atoms with Gasteiger partial charge in [-0.15, -0.1) is 0 Å². The molecule has 0 N–H and O–H groups in total. The van der Waals surface area contributed by atoms with Gasteiger partial charge in [0.1, 0.15) is 17.7 Å². The van der Waals surface area contributed by atoms with Crippen LogP contribution < -0.4 is 4.74 Å². The molecular weight excluding hydrogens is 326 g/mol. The van der Waals surface area contributed by atoms with Crippen molar-refractivity contribution in [2.24, 2.45) is 5.11 Å². The lowest BCUT2D eigenvalue weighted by Crippen LogP contribution is -2.16. The minimum absolute atomic E-state index is 0.0107. The van der Waals surface area contributed by atoms with E-state index in [4.69, 9.17) is 10.3 Å². The van der Waals surface area contributed by atoms with Crippen LogP contribution in [0.25, 0.3) is 21.6 Å². The van der Waals surface area contributed by atoms with Gasteiger partial charge in [0, 0.05) is 22.5 Å². The molecule has 0 fully saturated rings. The van der Waals surface area contributed by atoms with Crippen LogP contribution in [0.5, 0.6) is 5.75 Å². The molecule has 1 atom stereocenters. The molecule has 8 heteroatoms. The van der Waals surface area contributed by atoms with E-state index in [0.29, 0.717) is 5.56 Å².